The summed E-state index contributed by atoms with van der Waals surface area (Å²) in [6.45, 7) is 2.82. The van der Waals surface area contributed by atoms with Crippen LogP contribution in [0.1, 0.15) is 55.8 Å². The van der Waals surface area contributed by atoms with Gasteiger partial charge in [0.2, 0.25) is 5.89 Å². The van der Waals surface area contributed by atoms with Gasteiger partial charge in [-0.3, -0.25) is 0 Å². The number of carboxylic acids is 1. The second-order valence-corrected chi connectivity index (χ2v) is 8.08. The number of carboxylic acid groups (broad SMARTS) is 1. The molecule has 3 fully saturated rings. The summed E-state index contributed by atoms with van der Waals surface area (Å²) in [6, 6.07) is 7.89. The average Bonchev–Trinajstić information content (AvgIpc) is 3.14. The van der Waals surface area contributed by atoms with E-state index in [0.717, 1.165) is 48.8 Å². The molecular weight excluding hydrogens is 342 g/mol. The largest absolute Gasteiger partial charge is 0.478 e. The molecule has 142 valence electrons. The van der Waals surface area contributed by atoms with Crippen LogP contribution in [-0.4, -0.2) is 27.8 Å². The van der Waals surface area contributed by atoms with E-state index >= 15 is 0 Å². The van der Waals surface area contributed by atoms with Crippen molar-refractivity contribution in [2.24, 2.45) is 5.41 Å². The number of anilines is 1. The molecule has 2 N–H and O–H groups in total. The van der Waals surface area contributed by atoms with Crippen molar-refractivity contribution in [3.63, 3.8) is 0 Å². The predicted molar refractivity (Wildman–Crippen MR) is 102 cm³/mol. The molecule has 0 saturated heterocycles. The first-order chi connectivity index (χ1) is 13.0. The first-order valence-corrected chi connectivity index (χ1v) is 9.55. The standard InChI is InChI=1S/C21H25N3O3/c1-15-23-19(27-24-15)21-10-7-20(8-11-21,9-12-21)14-22-17-4-2-3-16(13-17)5-6-18(25)26/h2-6,13,22H,7-12,14H2,1H3,(H,25,26)/b6-5+. The van der Waals surface area contributed by atoms with Crippen LogP contribution in [0.4, 0.5) is 5.69 Å². The van der Waals surface area contributed by atoms with Crippen molar-refractivity contribution in [2.75, 3.05) is 11.9 Å². The monoisotopic (exact) mass is 367 g/mol. The highest BCUT2D eigenvalue weighted by atomic mass is 16.5. The van der Waals surface area contributed by atoms with E-state index in [1.165, 1.54) is 25.3 Å². The van der Waals surface area contributed by atoms with Crippen molar-refractivity contribution in [3.8, 4) is 0 Å². The van der Waals surface area contributed by atoms with E-state index in [1.807, 2.05) is 31.2 Å². The minimum absolute atomic E-state index is 0.0879. The van der Waals surface area contributed by atoms with Gasteiger partial charge in [-0.2, -0.15) is 4.98 Å². The third kappa shape index (κ3) is 3.61. The summed E-state index contributed by atoms with van der Waals surface area (Å²) in [7, 11) is 0. The highest BCUT2D eigenvalue weighted by Gasteiger charge is 2.51. The molecule has 27 heavy (non-hydrogen) atoms. The highest BCUT2D eigenvalue weighted by molar-refractivity contribution is 5.85. The van der Waals surface area contributed by atoms with Gasteiger partial charge in [0.05, 0.1) is 0 Å². The van der Waals surface area contributed by atoms with Gasteiger partial charge < -0.3 is 14.9 Å². The quantitative estimate of drug-likeness (QED) is 0.745. The number of aromatic nitrogens is 2. The van der Waals surface area contributed by atoms with E-state index in [0.29, 0.717) is 5.41 Å². The number of nitrogens with zero attached hydrogens (tertiary/aromatic N) is 2. The molecule has 0 atom stereocenters. The van der Waals surface area contributed by atoms with Gasteiger partial charge in [0, 0.05) is 23.7 Å². The molecule has 3 saturated carbocycles. The fraction of sp³-hybridized carbons (Fsp3) is 0.476. The Kier molecular flexibility index (Phi) is 4.50. The molecule has 6 nitrogen and oxygen atoms in total. The van der Waals surface area contributed by atoms with Gasteiger partial charge in [-0.15, -0.1) is 0 Å². The zero-order chi connectivity index (χ0) is 18.9. The SMILES string of the molecule is Cc1noc(C23CCC(CNc4cccc(/C=C/C(=O)O)c4)(CC2)CC3)n1. The van der Waals surface area contributed by atoms with Gasteiger partial charge in [-0.05, 0) is 74.6 Å². The van der Waals surface area contributed by atoms with Gasteiger partial charge in [0.1, 0.15) is 0 Å². The Morgan fingerprint density at radius 3 is 2.63 bits per heavy atom. The summed E-state index contributed by atoms with van der Waals surface area (Å²) < 4.78 is 5.51. The Morgan fingerprint density at radius 2 is 2.00 bits per heavy atom. The summed E-state index contributed by atoms with van der Waals surface area (Å²) in [4.78, 5) is 15.2. The average molecular weight is 367 g/mol. The number of hydrogen-bond donors (Lipinski definition) is 2. The Hall–Kier alpha value is -2.63. The normalized spacial score (nSPS) is 27.1. The Balaban J connectivity index is 1.39. The number of carbonyl (C=O) groups is 1. The zero-order valence-electron chi connectivity index (χ0n) is 15.6. The van der Waals surface area contributed by atoms with Crippen molar-refractivity contribution < 1.29 is 14.4 Å². The van der Waals surface area contributed by atoms with Gasteiger partial charge in [-0.25, -0.2) is 4.79 Å². The lowest BCUT2D eigenvalue weighted by molar-refractivity contribution is -0.131. The predicted octanol–water partition coefficient (Wildman–Crippen LogP) is 4.18. The van der Waals surface area contributed by atoms with Gasteiger partial charge in [0.25, 0.3) is 0 Å². The molecule has 0 spiro atoms. The van der Waals surface area contributed by atoms with Crippen LogP contribution in [0.15, 0.2) is 34.9 Å². The number of fused-ring (bicyclic) bond motifs is 3. The highest BCUT2D eigenvalue weighted by Crippen LogP contribution is 2.57. The van der Waals surface area contributed by atoms with Crippen molar-refractivity contribution in [3.05, 3.63) is 47.6 Å². The Morgan fingerprint density at radius 1 is 1.26 bits per heavy atom. The number of rotatable bonds is 6. The van der Waals surface area contributed by atoms with E-state index in [-0.39, 0.29) is 5.41 Å². The second-order valence-electron chi connectivity index (χ2n) is 8.08. The summed E-state index contributed by atoms with van der Waals surface area (Å²) in [5, 5.41) is 16.3. The Labute approximate surface area is 158 Å². The van der Waals surface area contributed by atoms with Crippen LogP contribution in [0.5, 0.6) is 0 Å². The maximum Gasteiger partial charge on any atom is 0.328 e. The maximum atomic E-state index is 10.7. The van der Waals surface area contributed by atoms with Crippen molar-refractivity contribution in [1.29, 1.82) is 0 Å². The smallest absolute Gasteiger partial charge is 0.328 e. The minimum Gasteiger partial charge on any atom is -0.478 e. The number of hydrogen-bond acceptors (Lipinski definition) is 5. The lowest BCUT2D eigenvalue weighted by Crippen LogP contribution is -2.47. The zero-order valence-corrected chi connectivity index (χ0v) is 15.6. The number of nitrogens with one attached hydrogen (secondary N) is 1. The molecule has 3 aliphatic rings. The topological polar surface area (TPSA) is 88.2 Å². The molecule has 0 aliphatic heterocycles. The fourth-order valence-electron chi connectivity index (χ4n) is 4.57. The molecule has 1 aromatic heterocycles. The van der Waals surface area contributed by atoms with Crippen LogP contribution in [0.25, 0.3) is 6.08 Å². The molecular formula is C21H25N3O3. The van der Waals surface area contributed by atoms with Crippen LogP contribution in [0.2, 0.25) is 0 Å². The number of aliphatic carboxylic acids is 1. The number of benzene rings is 1. The first kappa shape index (κ1) is 17.8. The minimum atomic E-state index is -0.934. The summed E-state index contributed by atoms with van der Waals surface area (Å²) in [5.41, 5.74) is 2.33. The number of aryl methyl sites for hydroxylation is 1. The molecule has 2 aromatic rings. The van der Waals surface area contributed by atoms with Gasteiger partial charge in [-0.1, -0.05) is 17.3 Å². The van der Waals surface area contributed by atoms with Crippen LogP contribution in [0, 0.1) is 12.3 Å². The molecule has 1 heterocycles. The summed E-state index contributed by atoms with van der Waals surface area (Å²) >= 11 is 0. The molecule has 6 heteroatoms. The van der Waals surface area contributed by atoms with Gasteiger partial charge >= 0.3 is 5.97 Å². The third-order valence-corrected chi connectivity index (χ3v) is 6.36. The third-order valence-electron chi connectivity index (χ3n) is 6.36. The maximum absolute atomic E-state index is 10.7. The first-order valence-electron chi connectivity index (χ1n) is 9.55. The van der Waals surface area contributed by atoms with E-state index in [4.69, 9.17) is 9.63 Å². The molecule has 0 amide bonds. The summed E-state index contributed by atoms with van der Waals surface area (Å²) in [6.07, 6.45) is 9.61. The van der Waals surface area contributed by atoms with E-state index in [9.17, 15) is 4.79 Å². The molecule has 0 unspecified atom stereocenters. The van der Waals surface area contributed by atoms with E-state index in [2.05, 4.69) is 15.5 Å². The molecule has 5 rings (SSSR count). The van der Waals surface area contributed by atoms with Crippen LogP contribution in [0.3, 0.4) is 0 Å². The van der Waals surface area contributed by atoms with Crippen molar-refractivity contribution >= 4 is 17.7 Å². The summed E-state index contributed by atoms with van der Waals surface area (Å²) in [5.74, 6) is 0.621. The lowest BCUT2D eigenvalue weighted by Gasteiger charge is -2.52. The van der Waals surface area contributed by atoms with Crippen LogP contribution in [-0.2, 0) is 10.2 Å². The molecule has 2 bridgehead atoms. The van der Waals surface area contributed by atoms with Crippen LogP contribution < -0.4 is 5.32 Å². The van der Waals surface area contributed by atoms with Crippen molar-refractivity contribution in [2.45, 2.75) is 50.9 Å². The fourth-order valence-corrected chi connectivity index (χ4v) is 4.57. The molecule has 1 aromatic carbocycles. The van der Waals surface area contributed by atoms with Crippen LogP contribution >= 0.6 is 0 Å². The molecule has 3 aliphatic carbocycles. The lowest BCUT2D eigenvalue weighted by atomic mass is 9.53. The second kappa shape index (κ2) is 6.83. The van der Waals surface area contributed by atoms with Crippen molar-refractivity contribution in [1.82, 2.24) is 10.1 Å². The van der Waals surface area contributed by atoms with Gasteiger partial charge in [0.15, 0.2) is 5.82 Å². The molecule has 0 radical (unpaired) electrons. The Bertz CT molecular complexity index is 847. The van der Waals surface area contributed by atoms with E-state index < -0.39 is 5.97 Å². The van der Waals surface area contributed by atoms with E-state index in [1.54, 1.807) is 6.08 Å².